The summed E-state index contributed by atoms with van der Waals surface area (Å²) in [4.78, 5) is 8.21. The van der Waals surface area contributed by atoms with Crippen molar-refractivity contribution >= 4 is 27.7 Å². The minimum absolute atomic E-state index is 0.0341. The van der Waals surface area contributed by atoms with E-state index >= 15 is 0 Å². The molecule has 0 spiro atoms. The lowest BCUT2D eigenvalue weighted by Gasteiger charge is -2.08. The summed E-state index contributed by atoms with van der Waals surface area (Å²) in [6.45, 7) is 2.03. The molecule has 0 aliphatic heterocycles. The fourth-order valence-corrected chi connectivity index (χ4v) is 3.32. The van der Waals surface area contributed by atoms with Crippen LogP contribution in [0.15, 0.2) is 77.7 Å². The van der Waals surface area contributed by atoms with E-state index in [0.717, 1.165) is 10.9 Å². The third kappa shape index (κ3) is 4.03. The van der Waals surface area contributed by atoms with Crippen molar-refractivity contribution in [1.29, 1.82) is 0 Å². The van der Waals surface area contributed by atoms with Crippen LogP contribution in [0.5, 0.6) is 0 Å². The molecular formula is C18H16O4S. The fourth-order valence-electron chi connectivity index (χ4n) is 2.20. The molecule has 0 atom stereocenters. The molecule has 3 aromatic carbocycles. The van der Waals surface area contributed by atoms with Crippen LogP contribution in [0.1, 0.15) is 5.56 Å². The zero-order chi connectivity index (χ0) is 16.7. The average molecular weight is 328 g/mol. The van der Waals surface area contributed by atoms with Crippen LogP contribution in [-0.2, 0) is 25.7 Å². The second-order valence-electron chi connectivity index (χ2n) is 4.68. The van der Waals surface area contributed by atoms with Gasteiger partial charge in [0.1, 0.15) is 11.7 Å². The number of fused-ring (bicyclic) bond motifs is 1. The van der Waals surface area contributed by atoms with E-state index in [-0.39, 0.29) is 11.5 Å². The maximum Gasteiger partial charge on any atom is 0.297 e. The lowest BCUT2D eigenvalue weighted by molar-refractivity contribution is -0.0979. The second-order valence-corrected chi connectivity index (χ2v) is 6.26. The smallest absolute Gasteiger partial charge is 0.297 e. The first-order valence-electron chi connectivity index (χ1n) is 6.87. The first-order chi connectivity index (χ1) is 11.2. The lowest BCUT2D eigenvalue weighted by Crippen LogP contribution is -2.07. The van der Waals surface area contributed by atoms with Gasteiger partial charge in [-0.2, -0.15) is 8.42 Å². The van der Waals surface area contributed by atoms with Gasteiger partial charge in [0, 0.05) is 5.39 Å². The Bertz CT molecular complexity index is 868. The Morgan fingerprint density at radius 3 is 2.13 bits per heavy atom. The number of hydrogen-bond donors (Lipinski definition) is 0. The van der Waals surface area contributed by atoms with Crippen molar-refractivity contribution < 1.29 is 17.4 Å². The van der Waals surface area contributed by atoms with E-state index in [0.29, 0.717) is 5.39 Å². The SMILES string of the molecule is C=O.O=S(=O)(OCc1ccccc1)c1cccc2ccccc12. The van der Waals surface area contributed by atoms with Crippen LogP contribution in [0.25, 0.3) is 10.8 Å². The number of benzene rings is 3. The van der Waals surface area contributed by atoms with Gasteiger partial charge in [0.05, 0.1) is 6.61 Å². The summed E-state index contributed by atoms with van der Waals surface area (Å²) in [6.07, 6.45) is 0. The van der Waals surface area contributed by atoms with E-state index in [1.165, 1.54) is 0 Å². The Hall–Kier alpha value is -2.50. The maximum absolute atomic E-state index is 12.4. The Kier molecular flexibility index (Phi) is 5.62. The molecule has 0 saturated heterocycles. The molecule has 0 heterocycles. The van der Waals surface area contributed by atoms with E-state index in [9.17, 15) is 8.42 Å². The molecule has 0 aliphatic rings. The van der Waals surface area contributed by atoms with Crippen LogP contribution in [0.4, 0.5) is 0 Å². The summed E-state index contributed by atoms with van der Waals surface area (Å²) >= 11 is 0. The van der Waals surface area contributed by atoms with Crippen molar-refractivity contribution in [3.05, 3.63) is 78.4 Å². The first kappa shape index (κ1) is 16.9. The van der Waals surface area contributed by atoms with Gasteiger partial charge in [-0.1, -0.05) is 66.7 Å². The summed E-state index contributed by atoms with van der Waals surface area (Å²) in [6, 6.07) is 21.8. The van der Waals surface area contributed by atoms with Crippen LogP contribution in [-0.4, -0.2) is 15.2 Å². The minimum atomic E-state index is -3.79. The van der Waals surface area contributed by atoms with Gasteiger partial charge in [-0.3, -0.25) is 4.18 Å². The number of hydrogen-bond acceptors (Lipinski definition) is 4. The molecule has 4 nitrogen and oxygen atoms in total. The van der Waals surface area contributed by atoms with E-state index in [4.69, 9.17) is 8.98 Å². The van der Waals surface area contributed by atoms with Crippen molar-refractivity contribution in [3.8, 4) is 0 Å². The largest absolute Gasteiger partial charge is 0.307 e. The van der Waals surface area contributed by atoms with Crippen molar-refractivity contribution in [2.24, 2.45) is 0 Å². The Labute approximate surface area is 135 Å². The summed E-state index contributed by atoms with van der Waals surface area (Å²) in [5.41, 5.74) is 0.821. The van der Waals surface area contributed by atoms with Gasteiger partial charge in [0.2, 0.25) is 0 Å². The van der Waals surface area contributed by atoms with Gasteiger partial charge < -0.3 is 4.79 Å². The van der Waals surface area contributed by atoms with Crippen molar-refractivity contribution in [3.63, 3.8) is 0 Å². The molecule has 0 bridgehead atoms. The maximum atomic E-state index is 12.4. The molecule has 0 saturated carbocycles. The zero-order valence-corrected chi connectivity index (χ0v) is 13.2. The van der Waals surface area contributed by atoms with Gasteiger partial charge in [-0.15, -0.1) is 0 Å². The first-order valence-corrected chi connectivity index (χ1v) is 8.28. The molecule has 5 heteroatoms. The van der Waals surface area contributed by atoms with E-state index < -0.39 is 10.1 Å². The highest BCUT2D eigenvalue weighted by molar-refractivity contribution is 7.87. The van der Waals surface area contributed by atoms with Crippen LogP contribution >= 0.6 is 0 Å². The molecule has 0 unspecified atom stereocenters. The second kappa shape index (κ2) is 7.67. The van der Waals surface area contributed by atoms with E-state index in [1.807, 2.05) is 61.4 Å². The van der Waals surface area contributed by atoms with E-state index in [1.54, 1.807) is 18.2 Å². The normalized spacial score (nSPS) is 10.8. The molecule has 23 heavy (non-hydrogen) atoms. The summed E-state index contributed by atoms with van der Waals surface area (Å²) < 4.78 is 30.0. The van der Waals surface area contributed by atoms with Gasteiger partial charge in [0.25, 0.3) is 10.1 Å². The third-order valence-electron chi connectivity index (χ3n) is 3.24. The standard InChI is InChI=1S/C17H14O3S.CH2O/c18-21(19,20-13-14-7-2-1-3-8-14)17-12-6-10-15-9-4-5-11-16(15)17;1-2/h1-12H,13H2;1H2. The van der Waals surface area contributed by atoms with Gasteiger partial charge in [0.15, 0.2) is 0 Å². The molecule has 118 valence electrons. The summed E-state index contributed by atoms with van der Waals surface area (Å²) in [5.74, 6) is 0. The predicted molar refractivity (Wildman–Crippen MR) is 89.5 cm³/mol. The zero-order valence-electron chi connectivity index (χ0n) is 12.4. The molecule has 0 aromatic heterocycles. The highest BCUT2D eigenvalue weighted by atomic mass is 32.2. The number of carbonyl (C=O) groups excluding carboxylic acids is 1. The number of rotatable bonds is 4. The lowest BCUT2D eigenvalue weighted by atomic mass is 10.1. The minimum Gasteiger partial charge on any atom is -0.307 e. The molecule has 0 fully saturated rings. The van der Waals surface area contributed by atoms with Crippen LogP contribution in [0, 0.1) is 0 Å². The molecule has 0 amide bonds. The van der Waals surface area contributed by atoms with Crippen LogP contribution < -0.4 is 0 Å². The molecule has 0 aliphatic carbocycles. The molecule has 3 rings (SSSR count). The third-order valence-corrected chi connectivity index (χ3v) is 4.57. The number of carbonyl (C=O) groups is 1. The van der Waals surface area contributed by atoms with Crippen LogP contribution in [0.2, 0.25) is 0 Å². The molecular weight excluding hydrogens is 312 g/mol. The highest BCUT2D eigenvalue weighted by Gasteiger charge is 2.18. The molecule has 0 radical (unpaired) electrons. The Morgan fingerprint density at radius 2 is 1.39 bits per heavy atom. The summed E-state index contributed by atoms with van der Waals surface area (Å²) in [5, 5.41) is 1.55. The molecule has 3 aromatic rings. The van der Waals surface area contributed by atoms with Crippen molar-refractivity contribution in [2.45, 2.75) is 11.5 Å². The Morgan fingerprint density at radius 1 is 0.783 bits per heavy atom. The molecule has 0 N–H and O–H groups in total. The summed E-state index contributed by atoms with van der Waals surface area (Å²) in [7, 11) is -3.79. The van der Waals surface area contributed by atoms with Crippen molar-refractivity contribution in [2.75, 3.05) is 0 Å². The topological polar surface area (TPSA) is 60.4 Å². The predicted octanol–water partition coefficient (Wildman–Crippen LogP) is 3.56. The highest BCUT2D eigenvalue weighted by Crippen LogP contribution is 2.24. The van der Waals surface area contributed by atoms with Crippen molar-refractivity contribution in [1.82, 2.24) is 0 Å². The van der Waals surface area contributed by atoms with Gasteiger partial charge >= 0.3 is 0 Å². The average Bonchev–Trinajstić information content (AvgIpc) is 2.62. The van der Waals surface area contributed by atoms with E-state index in [2.05, 4.69) is 0 Å². The van der Waals surface area contributed by atoms with Gasteiger partial charge in [-0.05, 0) is 17.0 Å². The van der Waals surface area contributed by atoms with Crippen LogP contribution in [0.3, 0.4) is 0 Å². The monoisotopic (exact) mass is 328 g/mol. The van der Waals surface area contributed by atoms with Gasteiger partial charge in [-0.25, -0.2) is 0 Å². The Balaban J connectivity index is 0.000000924. The fraction of sp³-hybridized carbons (Fsp3) is 0.0556. The quantitative estimate of drug-likeness (QED) is 0.687.